The first-order valence-electron chi connectivity index (χ1n) is 12.9. The van der Waals surface area contributed by atoms with Gasteiger partial charge in [-0.1, -0.05) is 24.9 Å². The average Bonchev–Trinajstić information content (AvgIpc) is 3.58. The molecule has 1 amide bonds. The molecule has 6 rings (SSSR count). The molecule has 0 saturated carbocycles. The molecule has 0 spiro atoms. The van der Waals surface area contributed by atoms with Crippen molar-refractivity contribution < 1.29 is 23.1 Å². The van der Waals surface area contributed by atoms with Crippen molar-refractivity contribution in [1.82, 2.24) is 15.3 Å². The number of thiol groups is 1. The molecular formula is C31H25FN4O4S. The summed E-state index contributed by atoms with van der Waals surface area (Å²) in [4.78, 5) is 21.9. The average molecular weight is 569 g/mol. The summed E-state index contributed by atoms with van der Waals surface area (Å²) in [5.74, 6) is -0.00477. The molecule has 0 aliphatic rings. The zero-order valence-corrected chi connectivity index (χ0v) is 23.0. The Kier molecular flexibility index (Phi) is 6.94. The van der Waals surface area contributed by atoms with Crippen molar-refractivity contribution >= 4 is 46.6 Å². The van der Waals surface area contributed by atoms with Gasteiger partial charge in [-0.25, -0.2) is 9.37 Å². The number of carbonyl (C=O) groups is 1. The molecule has 3 aromatic heterocycles. The van der Waals surface area contributed by atoms with Crippen LogP contribution in [-0.4, -0.2) is 40.7 Å². The number of nitrogens with zero attached hydrogens (tertiary/aromatic N) is 3. The second-order valence-corrected chi connectivity index (χ2v) is 10.1. The van der Waals surface area contributed by atoms with E-state index in [-0.39, 0.29) is 12.5 Å². The summed E-state index contributed by atoms with van der Waals surface area (Å²) in [5, 5.41) is 13.4. The molecule has 8 nitrogen and oxygen atoms in total. The number of furan rings is 1. The normalized spacial score (nSPS) is 12.1. The number of nitrogens with one attached hydrogen (secondary N) is 1. The largest absolute Gasteiger partial charge is 0.455 e. The first-order chi connectivity index (χ1) is 19.8. The van der Waals surface area contributed by atoms with Crippen molar-refractivity contribution in [2.75, 3.05) is 17.9 Å². The zero-order chi connectivity index (χ0) is 28.7. The van der Waals surface area contributed by atoms with E-state index >= 15 is 0 Å². The highest BCUT2D eigenvalue weighted by molar-refractivity contribution is 7.81. The highest BCUT2D eigenvalue weighted by Gasteiger charge is 2.25. The third-order valence-electron chi connectivity index (χ3n) is 6.67. The number of oxazole rings is 1. The number of amides is 1. The molecule has 0 saturated heterocycles. The summed E-state index contributed by atoms with van der Waals surface area (Å²) in [5.41, 5.74) is 5.33. The molecule has 3 heterocycles. The van der Waals surface area contributed by atoms with E-state index in [9.17, 15) is 14.3 Å². The number of hydrogen-bond donors (Lipinski definition) is 3. The molecule has 0 fully saturated rings. The number of carbonyl (C=O) groups excluding carboxylic acids is 1. The maximum atomic E-state index is 13.7. The maximum absolute atomic E-state index is 13.7. The lowest BCUT2D eigenvalue weighted by atomic mass is 9.97. The Bertz CT molecular complexity index is 1870. The van der Waals surface area contributed by atoms with Crippen LogP contribution in [0.1, 0.15) is 17.3 Å². The van der Waals surface area contributed by atoms with E-state index < -0.39 is 11.9 Å². The minimum absolute atomic E-state index is 0.228. The molecule has 1 atom stereocenters. The van der Waals surface area contributed by atoms with Crippen molar-refractivity contribution in [3.05, 3.63) is 90.4 Å². The number of hydrogen-bond acceptors (Lipinski definition) is 8. The highest BCUT2D eigenvalue weighted by atomic mass is 32.1. The summed E-state index contributed by atoms with van der Waals surface area (Å²) < 4.78 is 27.5. The Morgan fingerprint density at radius 1 is 1.02 bits per heavy atom. The van der Waals surface area contributed by atoms with Crippen LogP contribution >= 0.6 is 12.8 Å². The number of aliphatic hydroxyl groups excluding tert-OH is 1. The predicted molar refractivity (Wildman–Crippen MR) is 159 cm³/mol. The van der Waals surface area contributed by atoms with E-state index in [1.807, 2.05) is 36.4 Å². The number of benzene rings is 3. The van der Waals surface area contributed by atoms with E-state index in [1.54, 1.807) is 48.7 Å². The quantitative estimate of drug-likeness (QED) is 0.189. The monoisotopic (exact) mass is 568 g/mol. The minimum atomic E-state index is -0.664. The smallest absolute Gasteiger partial charge is 0.255 e. The first kappa shape index (κ1) is 26.5. The van der Waals surface area contributed by atoms with Crippen LogP contribution in [-0.2, 0) is 0 Å². The third-order valence-corrected chi connectivity index (χ3v) is 7.05. The molecule has 0 aliphatic heterocycles. The zero-order valence-electron chi connectivity index (χ0n) is 22.1. The Morgan fingerprint density at radius 3 is 2.54 bits per heavy atom. The van der Waals surface area contributed by atoms with Crippen molar-refractivity contribution in [1.29, 1.82) is 0 Å². The lowest BCUT2D eigenvalue weighted by Gasteiger charge is -2.23. The fourth-order valence-electron chi connectivity index (χ4n) is 4.79. The third kappa shape index (κ3) is 5.03. The molecule has 6 aromatic rings. The van der Waals surface area contributed by atoms with Crippen molar-refractivity contribution in [2.45, 2.75) is 13.0 Å². The van der Waals surface area contributed by atoms with Gasteiger partial charge in [0.05, 0.1) is 23.9 Å². The van der Waals surface area contributed by atoms with Gasteiger partial charge in [-0.2, -0.15) is 4.98 Å². The van der Waals surface area contributed by atoms with E-state index in [1.165, 1.54) is 12.1 Å². The van der Waals surface area contributed by atoms with Gasteiger partial charge in [0.15, 0.2) is 11.2 Å². The van der Waals surface area contributed by atoms with Gasteiger partial charge in [-0.3, -0.25) is 4.79 Å². The van der Waals surface area contributed by atoms with Crippen molar-refractivity contribution in [2.24, 2.45) is 0 Å². The summed E-state index contributed by atoms with van der Waals surface area (Å²) in [7, 11) is 1.54. The summed E-state index contributed by atoms with van der Waals surface area (Å²) in [6.45, 7) is 1.90. The topological polar surface area (TPSA) is 105 Å². The fourth-order valence-corrected chi connectivity index (χ4v) is 5.19. The number of aromatic nitrogens is 2. The Balaban J connectivity index is 1.57. The number of aliphatic hydroxyl groups is 1. The van der Waals surface area contributed by atoms with Gasteiger partial charge in [0.25, 0.3) is 5.91 Å². The van der Waals surface area contributed by atoms with Crippen LogP contribution in [0, 0.1) is 5.82 Å². The van der Waals surface area contributed by atoms with Gasteiger partial charge in [0.2, 0.25) is 5.89 Å². The van der Waals surface area contributed by atoms with Crippen LogP contribution < -0.4 is 9.62 Å². The number of pyridine rings is 1. The minimum Gasteiger partial charge on any atom is -0.455 e. The Labute approximate surface area is 240 Å². The van der Waals surface area contributed by atoms with E-state index in [4.69, 9.17) is 8.83 Å². The number of anilines is 1. The summed E-state index contributed by atoms with van der Waals surface area (Å²) in [6, 6.07) is 20.7. The van der Waals surface area contributed by atoms with Gasteiger partial charge in [-0.15, -0.1) is 0 Å². The summed E-state index contributed by atoms with van der Waals surface area (Å²) in [6.07, 6.45) is 0.993. The van der Waals surface area contributed by atoms with Gasteiger partial charge in [0, 0.05) is 41.4 Å². The molecular weight excluding hydrogens is 543 g/mol. The predicted octanol–water partition coefficient (Wildman–Crippen LogP) is 6.50. The molecule has 0 radical (unpaired) electrons. The number of fused-ring (bicyclic) bond motifs is 2. The van der Waals surface area contributed by atoms with E-state index in [0.29, 0.717) is 50.7 Å². The Hall–Kier alpha value is -4.67. The molecule has 1 unspecified atom stereocenters. The summed E-state index contributed by atoms with van der Waals surface area (Å²) >= 11 is 4.68. The van der Waals surface area contributed by atoms with E-state index in [0.717, 1.165) is 16.7 Å². The van der Waals surface area contributed by atoms with Gasteiger partial charge in [0.1, 0.15) is 17.2 Å². The highest BCUT2D eigenvalue weighted by Crippen LogP contribution is 2.42. The number of rotatable bonds is 7. The molecule has 3 aromatic carbocycles. The van der Waals surface area contributed by atoms with Gasteiger partial charge < -0.3 is 23.6 Å². The molecule has 0 bridgehead atoms. The lowest BCUT2D eigenvalue weighted by Crippen LogP contribution is -2.23. The molecule has 206 valence electrons. The first-order valence-corrected chi connectivity index (χ1v) is 13.3. The van der Waals surface area contributed by atoms with Crippen LogP contribution in [0.2, 0.25) is 0 Å². The molecule has 0 aliphatic carbocycles. The van der Waals surface area contributed by atoms with Gasteiger partial charge in [-0.05, 0) is 67.1 Å². The SMILES string of the molecule is CNC(=O)c1c(-c2ccc(F)cc2)oc2cc(N(S)CC(C)O)c(-c3cccc(-c4nc5ncccc5o4)c3)cc12. The van der Waals surface area contributed by atoms with Crippen molar-refractivity contribution in [3.8, 4) is 33.9 Å². The second kappa shape index (κ2) is 10.7. The van der Waals surface area contributed by atoms with Gasteiger partial charge >= 0.3 is 0 Å². The Morgan fingerprint density at radius 2 is 1.80 bits per heavy atom. The van der Waals surface area contributed by atoms with Crippen LogP contribution in [0.15, 0.2) is 87.8 Å². The number of halogens is 1. The lowest BCUT2D eigenvalue weighted by molar-refractivity contribution is 0.0964. The van der Waals surface area contributed by atoms with Crippen LogP contribution in [0.3, 0.4) is 0 Å². The van der Waals surface area contributed by atoms with E-state index in [2.05, 4.69) is 28.1 Å². The molecule has 2 N–H and O–H groups in total. The maximum Gasteiger partial charge on any atom is 0.255 e. The molecule has 41 heavy (non-hydrogen) atoms. The fraction of sp³-hybridized carbons (Fsp3) is 0.129. The van der Waals surface area contributed by atoms with Crippen molar-refractivity contribution in [3.63, 3.8) is 0 Å². The van der Waals surface area contributed by atoms with Crippen LogP contribution in [0.4, 0.5) is 10.1 Å². The van der Waals surface area contributed by atoms with Crippen LogP contribution in [0.25, 0.3) is 56.1 Å². The standard InChI is InChI=1S/C31H25FN4O4S/c1-17(37)16-36(41)24-15-26-23(27(30(38)33-2)28(39-26)18-8-10-21(32)11-9-18)14-22(24)19-5-3-6-20(13-19)31-35-29-25(40-31)7-4-12-34-29/h3-15,17,37,41H,16H2,1-2H3,(H,33,38). The second-order valence-electron chi connectivity index (χ2n) is 9.61. The molecule has 10 heteroatoms. The van der Waals surface area contributed by atoms with Crippen LogP contribution in [0.5, 0.6) is 0 Å².